The Bertz CT molecular complexity index is 726. The topological polar surface area (TPSA) is 79.5 Å². The van der Waals surface area contributed by atoms with Crippen LogP contribution in [0.5, 0.6) is 5.75 Å². The molecule has 0 radical (unpaired) electrons. The molecule has 2 rings (SSSR count). The van der Waals surface area contributed by atoms with Crippen molar-refractivity contribution < 1.29 is 14.3 Å². The van der Waals surface area contributed by atoms with Gasteiger partial charge < -0.3 is 14.8 Å². The summed E-state index contributed by atoms with van der Waals surface area (Å²) in [5, 5.41) is 12.2. The van der Waals surface area contributed by atoms with Gasteiger partial charge in [0.05, 0.1) is 0 Å². The number of hydrogen-bond acceptors (Lipinski definition) is 4. The summed E-state index contributed by atoms with van der Waals surface area (Å²) < 4.78 is 4.95. The number of benzene rings is 1. The summed E-state index contributed by atoms with van der Waals surface area (Å²) in [6.45, 7) is 5.51. The van der Waals surface area contributed by atoms with Gasteiger partial charge in [-0.15, -0.1) is 0 Å². The van der Waals surface area contributed by atoms with Crippen molar-refractivity contribution in [3.63, 3.8) is 0 Å². The van der Waals surface area contributed by atoms with Gasteiger partial charge in [-0.2, -0.15) is 0 Å². The first-order chi connectivity index (χ1) is 9.74. The van der Waals surface area contributed by atoms with Gasteiger partial charge in [0.1, 0.15) is 5.75 Å². The Morgan fingerprint density at radius 1 is 1.14 bits per heavy atom. The van der Waals surface area contributed by atoms with Crippen molar-refractivity contribution in [3.8, 4) is 16.9 Å². The molecule has 110 valence electrons. The second kappa shape index (κ2) is 5.44. The summed E-state index contributed by atoms with van der Waals surface area (Å²) in [6.07, 6.45) is 0. The maximum atomic E-state index is 12.1. The summed E-state index contributed by atoms with van der Waals surface area (Å²) >= 11 is 0. The van der Waals surface area contributed by atoms with E-state index in [0.717, 1.165) is 0 Å². The van der Waals surface area contributed by atoms with E-state index in [9.17, 15) is 14.7 Å². The number of nitrogens with one attached hydrogen (secondary N) is 1. The van der Waals surface area contributed by atoms with Crippen LogP contribution in [0.4, 0.5) is 0 Å². The van der Waals surface area contributed by atoms with Crippen LogP contribution >= 0.6 is 0 Å². The van der Waals surface area contributed by atoms with Gasteiger partial charge in [0.2, 0.25) is 0 Å². The lowest BCUT2D eigenvalue weighted by Gasteiger charge is -2.19. The Hall–Kier alpha value is -2.56. The smallest absolute Gasteiger partial charge is 0.336 e. The number of carbonyl (C=O) groups excluding carboxylic acids is 1. The highest BCUT2D eigenvalue weighted by Gasteiger charge is 2.18. The Morgan fingerprint density at radius 3 is 2.48 bits per heavy atom. The molecule has 21 heavy (non-hydrogen) atoms. The maximum Gasteiger partial charge on any atom is 0.336 e. The van der Waals surface area contributed by atoms with Crippen molar-refractivity contribution in [2.24, 2.45) is 0 Å². The van der Waals surface area contributed by atoms with Crippen molar-refractivity contribution >= 4 is 5.91 Å². The van der Waals surface area contributed by atoms with E-state index in [2.05, 4.69) is 5.32 Å². The highest BCUT2D eigenvalue weighted by atomic mass is 16.4. The van der Waals surface area contributed by atoms with Crippen LogP contribution < -0.4 is 10.9 Å². The first-order valence-corrected chi connectivity index (χ1v) is 6.52. The zero-order valence-electron chi connectivity index (χ0n) is 12.1. The third-order valence-electron chi connectivity index (χ3n) is 2.66. The van der Waals surface area contributed by atoms with Crippen molar-refractivity contribution in [2.45, 2.75) is 26.3 Å². The van der Waals surface area contributed by atoms with E-state index in [1.54, 1.807) is 12.1 Å². The monoisotopic (exact) mass is 287 g/mol. The molecule has 0 aliphatic rings. The highest BCUT2D eigenvalue weighted by Crippen LogP contribution is 2.23. The maximum absolute atomic E-state index is 12.1. The molecule has 0 bridgehead atoms. The number of hydrogen-bond donors (Lipinski definition) is 2. The minimum atomic E-state index is -0.616. The van der Waals surface area contributed by atoms with E-state index >= 15 is 0 Å². The minimum Gasteiger partial charge on any atom is -0.508 e. The molecule has 0 aliphatic carbocycles. The molecule has 5 heteroatoms. The summed E-state index contributed by atoms with van der Waals surface area (Å²) in [5.41, 5.74) is 0.0975. The van der Waals surface area contributed by atoms with Gasteiger partial charge in [-0.05, 0) is 50.1 Å². The molecule has 1 aromatic heterocycles. The number of phenols is 1. The minimum absolute atomic E-state index is 0.0595. The fraction of sp³-hybridized carbons (Fsp3) is 0.250. The zero-order chi connectivity index (χ0) is 15.6. The third kappa shape index (κ3) is 3.95. The standard InChI is InChI=1S/C16H17NO4/c1-16(2,3)17-15(20)13-8-11(9-14(19)21-13)10-5-4-6-12(18)7-10/h4-9,18H,1-3H3,(H,17,20). The van der Waals surface area contributed by atoms with E-state index in [1.165, 1.54) is 24.3 Å². The molecular formula is C16H17NO4. The molecule has 1 heterocycles. The van der Waals surface area contributed by atoms with Gasteiger partial charge in [0.25, 0.3) is 5.91 Å². The van der Waals surface area contributed by atoms with Crippen molar-refractivity contribution in [3.05, 3.63) is 52.6 Å². The van der Waals surface area contributed by atoms with Crippen LogP contribution in [-0.4, -0.2) is 16.6 Å². The second-order valence-corrected chi connectivity index (χ2v) is 5.78. The summed E-state index contributed by atoms with van der Waals surface area (Å²) in [4.78, 5) is 23.7. The van der Waals surface area contributed by atoms with Gasteiger partial charge in [0, 0.05) is 11.6 Å². The fourth-order valence-electron chi connectivity index (χ4n) is 1.84. The summed E-state index contributed by atoms with van der Waals surface area (Å²) in [6, 6.07) is 9.20. The number of rotatable bonds is 2. The number of carbonyl (C=O) groups is 1. The van der Waals surface area contributed by atoms with Gasteiger partial charge in [0.15, 0.2) is 5.76 Å². The molecule has 0 saturated heterocycles. The average Bonchev–Trinajstić information content (AvgIpc) is 2.36. The lowest BCUT2D eigenvalue weighted by molar-refractivity contribution is 0.0886. The molecule has 0 aliphatic heterocycles. The van der Waals surface area contributed by atoms with Crippen LogP contribution in [0.2, 0.25) is 0 Å². The quantitative estimate of drug-likeness (QED) is 0.889. The lowest BCUT2D eigenvalue weighted by atomic mass is 10.1. The number of phenolic OH excluding ortho intramolecular Hbond substituents is 1. The van der Waals surface area contributed by atoms with Crippen LogP contribution in [0.3, 0.4) is 0 Å². The third-order valence-corrected chi connectivity index (χ3v) is 2.66. The van der Waals surface area contributed by atoms with Crippen molar-refractivity contribution in [1.29, 1.82) is 0 Å². The SMILES string of the molecule is CC(C)(C)NC(=O)c1cc(-c2cccc(O)c2)cc(=O)o1. The van der Waals surface area contributed by atoms with Crippen LogP contribution in [0.15, 0.2) is 45.6 Å². The largest absolute Gasteiger partial charge is 0.508 e. The Labute approximate surface area is 122 Å². The molecule has 0 saturated carbocycles. The zero-order valence-corrected chi connectivity index (χ0v) is 12.1. The second-order valence-electron chi connectivity index (χ2n) is 5.78. The van der Waals surface area contributed by atoms with Crippen LogP contribution in [-0.2, 0) is 0 Å². The van der Waals surface area contributed by atoms with Crippen LogP contribution in [0.25, 0.3) is 11.1 Å². The molecule has 1 aromatic carbocycles. The van der Waals surface area contributed by atoms with E-state index in [0.29, 0.717) is 11.1 Å². The Balaban J connectivity index is 2.43. The molecular weight excluding hydrogens is 270 g/mol. The van der Waals surface area contributed by atoms with E-state index in [4.69, 9.17) is 4.42 Å². The molecule has 0 fully saturated rings. The van der Waals surface area contributed by atoms with E-state index in [-0.39, 0.29) is 11.5 Å². The van der Waals surface area contributed by atoms with E-state index < -0.39 is 17.1 Å². The number of amides is 1. The fourth-order valence-corrected chi connectivity index (χ4v) is 1.84. The van der Waals surface area contributed by atoms with Crippen LogP contribution in [0, 0.1) is 0 Å². The predicted octanol–water partition coefficient (Wildman–Crippen LogP) is 2.54. The van der Waals surface area contributed by atoms with Crippen molar-refractivity contribution in [2.75, 3.05) is 0 Å². The summed E-state index contributed by atoms with van der Waals surface area (Å²) in [7, 11) is 0. The molecule has 1 amide bonds. The van der Waals surface area contributed by atoms with Gasteiger partial charge >= 0.3 is 5.63 Å². The normalized spacial score (nSPS) is 11.2. The van der Waals surface area contributed by atoms with Crippen molar-refractivity contribution in [1.82, 2.24) is 5.32 Å². The molecule has 0 unspecified atom stereocenters. The Kier molecular flexibility index (Phi) is 3.84. The summed E-state index contributed by atoms with van der Waals surface area (Å²) in [5.74, 6) is -0.432. The molecule has 0 atom stereocenters. The average molecular weight is 287 g/mol. The molecule has 2 N–H and O–H groups in total. The predicted molar refractivity (Wildman–Crippen MR) is 79.3 cm³/mol. The highest BCUT2D eigenvalue weighted by molar-refractivity contribution is 5.93. The van der Waals surface area contributed by atoms with Gasteiger partial charge in [-0.3, -0.25) is 4.79 Å². The first-order valence-electron chi connectivity index (χ1n) is 6.52. The van der Waals surface area contributed by atoms with Gasteiger partial charge in [-0.25, -0.2) is 4.79 Å². The first kappa shape index (κ1) is 14.8. The van der Waals surface area contributed by atoms with Gasteiger partial charge in [-0.1, -0.05) is 12.1 Å². The van der Waals surface area contributed by atoms with E-state index in [1.807, 2.05) is 20.8 Å². The number of aromatic hydroxyl groups is 1. The molecule has 0 spiro atoms. The molecule has 5 nitrogen and oxygen atoms in total. The Morgan fingerprint density at radius 2 is 1.86 bits per heavy atom. The van der Waals surface area contributed by atoms with Crippen LogP contribution in [0.1, 0.15) is 31.3 Å². The molecule has 2 aromatic rings. The lowest BCUT2D eigenvalue weighted by Crippen LogP contribution is -2.40.